The lowest BCUT2D eigenvalue weighted by Crippen LogP contribution is -2.43. The molecule has 1 nitrogen and oxygen atoms in total. The molecule has 0 amide bonds. The summed E-state index contributed by atoms with van der Waals surface area (Å²) >= 11 is 1.76. The molecular formula is C15H20F3NS. The highest BCUT2D eigenvalue weighted by molar-refractivity contribution is 7.99. The molecule has 1 N–H and O–H groups in total. The molecule has 5 heteroatoms. The summed E-state index contributed by atoms with van der Waals surface area (Å²) in [5.74, 6) is 0.949. The molecule has 0 bridgehead atoms. The summed E-state index contributed by atoms with van der Waals surface area (Å²) in [4.78, 5) is 0. The van der Waals surface area contributed by atoms with E-state index in [0.29, 0.717) is 10.8 Å². The summed E-state index contributed by atoms with van der Waals surface area (Å²) in [6.45, 7) is 2.05. The molecule has 0 aromatic heterocycles. The molecule has 0 saturated heterocycles. The van der Waals surface area contributed by atoms with Gasteiger partial charge in [-0.1, -0.05) is 43.7 Å². The van der Waals surface area contributed by atoms with Crippen LogP contribution in [0.1, 0.15) is 37.8 Å². The maximum Gasteiger partial charge on any atom is 0.407 e. The van der Waals surface area contributed by atoms with Gasteiger partial charge in [0.25, 0.3) is 0 Å². The first kappa shape index (κ1) is 15.7. The van der Waals surface area contributed by atoms with Crippen molar-refractivity contribution in [1.29, 1.82) is 0 Å². The molecule has 112 valence electrons. The molecule has 20 heavy (non-hydrogen) atoms. The Labute approximate surface area is 122 Å². The third kappa shape index (κ3) is 3.92. The molecule has 1 fully saturated rings. The van der Waals surface area contributed by atoms with Crippen LogP contribution in [0, 0.1) is 0 Å². The van der Waals surface area contributed by atoms with Gasteiger partial charge >= 0.3 is 6.18 Å². The Bertz CT molecular complexity index is 407. The van der Waals surface area contributed by atoms with E-state index >= 15 is 0 Å². The highest BCUT2D eigenvalue weighted by atomic mass is 32.2. The van der Waals surface area contributed by atoms with Gasteiger partial charge in [0.15, 0.2) is 0 Å². The van der Waals surface area contributed by atoms with Crippen LogP contribution in [0.15, 0.2) is 30.3 Å². The van der Waals surface area contributed by atoms with Gasteiger partial charge in [0.2, 0.25) is 0 Å². The van der Waals surface area contributed by atoms with Crippen LogP contribution in [0.2, 0.25) is 0 Å². The molecule has 0 spiro atoms. The van der Waals surface area contributed by atoms with Crippen LogP contribution in [-0.4, -0.2) is 23.2 Å². The van der Waals surface area contributed by atoms with Crippen LogP contribution >= 0.6 is 11.8 Å². The minimum Gasteiger partial charge on any atom is -0.299 e. The van der Waals surface area contributed by atoms with Gasteiger partial charge in [-0.3, -0.25) is 5.32 Å². The number of alkyl halides is 3. The van der Waals surface area contributed by atoms with Gasteiger partial charge in [0.05, 0.1) is 0 Å². The number of rotatable bonds is 5. The van der Waals surface area contributed by atoms with E-state index in [1.54, 1.807) is 42.1 Å². The van der Waals surface area contributed by atoms with Gasteiger partial charge in [0.1, 0.15) is 6.04 Å². The van der Waals surface area contributed by atoms with Crippen LogP contribution in [-0.2, 0) is 0 Å². The van der Waals surface area contributed by atoms with Crippen molar-refractivity contribution in [2.24, 2.45) is 0 Å². The van der Waals surface area contributed by atoms with Gasteiger partial charge in [-0.25, -0.2) is 0 Å². The standard InChI is InChI=1S/C15H20F3NS/c1-2-20-13-10-6-9-12(13)19-14(15(16,17)18)11-7-4-3-5-8-11/h3-5,7-8,12-14,19H,2,6,9-10H2,1H3. The maximum absolute atomic E-state index is 13.3. The van der Waals surface area contributed by atoms with Crippen LogP contribution in [0.4, 0.5) is 13.2 Å². The smallest absolute Gasteiger partial charge is 0.299 e. The Morgan fingerprint density at radius 3 is 2.55 bits per heavy atom. The van der Waals surface area contributed by atoms with Crippen molar-refractivity contribution in [2.75, 3.05) is 5.75 Å². The molecule has 1 aromatic carbocycles. The quantitative estimate of drug-likeness (QED) is 0.856. The fraction of sp³-hybridized carbons (Fsp3) is 0.600. The average Bonchev–Trinajstić information content (AvgIpc) is 2.83. The van der Waals surface area contributed by atoms with Crippen LogP contribution in [0.5, 0.6) is 0 Å². The van der Waals surface area contributed by atoms with Crippen molar-refractivity contribution < 1.29 is 13.2 Å². The summed E-state index contributed by atoms with van der Waals surface area (Å²) in [5, 5.41) is 3.16. The summed E-state index contributed by atoms with van der Waals surface area (Å²) in [7, 11) is 0. The average molecular weight is 303 g/mol. The Balaban J connectivity index is 2.13. The molecule has 2 rings (SSSR count). The van der Waals surface area contributed by atoms with E-state index in [1.807, 2.05) is 0 Å². The Morgan fingerprint density at radius 1 is 1.25 bits per heavy atom. The van der Waals surface area contributed by atoms with Crippen molar-refractivity contribution in [1.82, 2.24) is 5.32 Å². The molecule has 0 radical (unpaired) electrons. The highest BCUT2D eigenvalue weighted by Crippen LogP contribution is 2.37. The summed E-state index contributed by atoms with van der Waals surface area (Å²) in [6.07, 6.45) is -1.41. The monoisotopic (exact) mass is 303 g/mol. The lowest BCUT2D eigenvalue weighted by atomic mass is 10.0. The number of halogens is 3. The summed E-state index contributed by atoms with van der Waals surface area (Å²) < 4.78 is 39.9. The number of benzene rings is 1. The first-order valence-corrected chi connectivity index (χ1v) is 8.06. The van der Waals surface area contributed by atoms with Gasteiger partial charge in [0, 0.05) is 11.3 Å². The second-order valence-corrected chi connectivity index (χ2v) is 6.60. The van der Waals surface area contributed by atoms with E-state index in [9.17, 15) is 13.2 Å². The van der Waals surface area contributed by atoms with Crippen molar-refractivity contribution in [2.45, 2.75) is 49.7 Å². The van der Waals surface area contributed by atoms with E-state index in [0.717, 1.165) is 25.0 Å². The van der Waals surface area contributed by atoms with Gasteiger partial charge in [-0.15, -0.1) is 0 Å². The number of hydrogen-bond donors (Lipinski definition) is 1. The van der Waals surface area contributed by atoms with Crippen molar-refractivity contribution in [3.8, 4) is 0 Å². The largest absolute Gasteiger partial charge is 0.407 e. The molecule has 0 aliphatic heterocycles. The molecule has 1 saturated carbocycles. The molecule has 3 unspecified atom stereocenters. The van der Waals surface area contributed by atoms with E-state index in [-0.39, 0.29) is 6.04 Å². The lowest BCUT2D eigenvalue weighted by Gasteiger charge is -2.28. The minimum atomic E-state index is -4.26. The Morgan fingerprint density at radius 2 is 1.95 bits per heavy atom. The zero-order valence-electron chi connectivity index (χ0n) is 11.5. The fourth-order valence-electron chi connectivity index (χ4n) is 2.77. The van der Waals surface area contributed by atoms with Crippen LogP contribution < -0.4 is 5.32 Å². The number of nitrogens with one attached hydrogen (secondary N) is 1. The molecule has 0 heterocycles. The zero-order valence-corrected chi connectivity index (χ0v) is 12.3. The van der Waals surface area contributed by atoms with Crippen LogP contribution in [0.25, 0.3) is 0 Å². The first-order chi connectivity index (χ1) is 9.52. The van der Waals surface area contributed by atoms with Gasteiger partial charge < -0.3 is 0 Å². The SMILES string of the molecule is CCSC1CCCC1NC(c1ccccc1)C(F)(F)F. The van der Waals surface area contributed by atoms with Crippen molar-refractivity contribution in [3.05, 3.63) is 35.9 Å². The Hall–Kier alpha value is -0.680. The summed E-state index contributed by atoms with van der Waals surface area (Å²) in [6, 6.07) is 6.52. The third-order valence-electron chi connectivity index (χ3n) is 3.67. The van der Waals surface area contributed by atoms with E-state index in [2.05, 4.69) is 12.2 Å². The lowest BCUT2D eigenvalue weighted by molar-refractivity contribution is -0.159. The molecule has 3 atom stereocenters. The van der Waals surface area contributed by atoms with Crippen molar-refractivity contribution in [3.63, 3.8) is 0 Å². The maximum atomic E-state index is 13.3. The van der Waals surface area contributed by atoms with Gasteiger partial charge in [-0.2, -0.15) is 24.9 Å². The third-order valence-corrected chi connectivity index (χ3v) is 5.00. The number of hydrogen-bond acceptors (Lipinski definition) is 2. The van der Waals surface area contributed by atoms with Crippen LogP contribution in [0.3, 0.4) is 0 Å². The summed E-state index contributed by atoms with van der Waals surface area (Å²) in [5.41, 5.74) is 0.298. The van der Waals surface area contributed by atoms with E-state index in [4.69, 9.17) is 0 Å². The van der Waals surface area contributed by atoms with Crippen molar-refractivity contribution >= 4 is 11.8 Å². The molecule has 1 aromatic rings. The second kappa shape index (κ2) is 6.85. The zero-order chi connectivity index (χ0) is 14.6. The highest BCUT2D eigenvalue weighted by Gasteiger charge is 2.43. The minimum absolute atomic E-state index is 0.0493. The normalized spacial score (nSPS) is 24.8. The molecule has 1 aliphatic rings. The van der Waals surface area contributed by atoms with E-state index < -0.39 is 12.2 Å². The molecular weight excluding hydrogens is 283 g/mol. The first-order valence-electron chi connectivity index (χ1n) is 7.01. The topological polar surface area (TPSA) is 12.0 Å². The predicted molar refractivity (Wildman–Crippen MR) is 77.9 cm³/mol. The fourth-order valence-corrected chi connectivity index (χ4v) is 3.98. The van der Waals surface area contributed by atoms with Gasteiger partial charge in [-0.05, 0) is 24.2 Å². The number of thioether (sulfide) groups is 1. The Kier molecular flexibility index (Phi) is 5.38. The molecule has 1 aliphatic carbocycles. The second-order valence-electron chi connectivity index (χ2n) is 5.08. The van der Waals surface area contributed by atoms with E-state index in [1.165, 1.54) is 0 Å². The predicted octanol–water partition coefficient (Wildman–Crippen LogP) is 4.55.